The predicted octanol–water partition coefficient (Wildman–Crippen LogP) is 3.44. The molecule has 3 rings (SSSR count). The van der Waals surface area contributed by atoms with E-state index in [9.17, 15) is 13.6 Å². The van der Waals surface area contributed by atoms with Crippen molar-refractivity contribution in [1.82, 2.24) is 10.3 Å². The number of fused-ring (bicyclic) bond motifs is 1. The van der Waals surface area contributed by atoms with E-state index in [4.69, 9.17) is 0 Å². The van der Waals surface area contributed by atoms with E-state index in [2.05, 4.69) is 10.3 Å². The van der Waals surface area contributed by atoms with Gasteiger partial charge in [0.15, 0.2) is 11.6 Å². The van der Waals surface area contributed by atoms with E-state index in [0.29, 0.717) is 11.1 Å². The molecule has 2 aromatic carbocycles. The summed E-state index contributed by atoms with van der Waals surface area (Å²) >= 11 is 0. The molecule has 0 saturated heterocycles. The van der Waals surface area contributed by atoms with Crippen LogP contribution < -0.4 is 5.32 Å². The lowest BCUT2D eigenvalue weighted by atomic mass is 10.1. The van der Waals surface area contributed by atoms with Gasteiger partial charge in [-0.2, -0.15) is 0 Å². The molecule has 1 N–H and O–H groups in total. The Morgan fingerprint density at radius 2 is 1.86 bits per heavy atom. The Morgan fingerprint density at radius 3 is 2.68 bits per heavy atom. The highest BCUT2D eigenvalue weighted by Gasteiger charge is 2.08. The third-order valence-electron chi connectivity index (χ3n) is 3.29. The number of rotatable bonds is 3. The van der Waals surface area contributed by atoms with Crippen LogP contribution in [0.15, 0.2) is 54.7 Å². The molecule has 0 spiro atoms. The average molecular weight is 298 g/mol. The number of hydrogen-bond acceptors (Lipinski definition) is 2. The minimum absolute atomic E-state index is 0.114. The third-order valence-corrected chi connectivity index (χ3v) is 3.29. The van der Waals surface area contributed by atoms with E-state index in [1.54, 1.807) is 6.07 Å². The van der Waals surface area contributed by atoms with Crippen molar-refractivity contribution in [2.24, 2.45) is 0 Å². The summed E-state index contributed by atoms with van der Waals surface area (Å²) in [5.74, 6) is -2.16. The molecule has 110 valence electrons. The van der Waals surface area contributed by atoms with Crippen LogP contribution in [0.2, 0.25) is 0 Å². The molecule has 0 aliphatic carbocycles. The van der Waals surface area contributed by atoms with Crippen LogP contribution in [0.3, 0.4) is 0 Å². The molecule has 0 unspecified atom stereocenters. The average Bonchev–Trinajstić information content (AvgIpc) is 2.55. The maximum absolute atomic E-state index is 13.1. The van der Waals surface area contributed by atoms with Crippen molar-refractivity contribution >= 4 is 16.8 Å². The lowest BCUT2D eigenvalue weighted by Gasteiger charge is -2.06. The minimum Gasteiger partial charge on any atom is -0.348 e. The van der Waals surface area contributed by atoms with E-state index in [1.807, 2.05) is 24.3 Å². The van der Waals surface area contributed by atoms with E-state index < -0.39 is 11.6 Å². The van der Waals surface area contributed by atoms with Gasteiger partial charge in [-0.3, -0.25) is 9.78 Å². The molecular formula is C17H12F2N2O. The third kappa shape index (κ3) is 2.93. The smallest absolute Gasteiger partial charge is 0.253 e. The molecule has 1 amide bonds. The molecule has 22 heavy (non-hydrogen) atoms. The number of halogens is 2. The minimum atomic E-state index is -0.931. The molecule has 5 heteroatoms. The number of carbonyl (C=O) groups is 1. The fraction of sp³-hybridized carbons (Fsp3) is 0.0588. The molecule has 1 heterocycles. The Kier molecular flexibility index (Phi) is 3.78. The van der Waals surface area contributed by atoms with E-state index >= 15 is 0 Å². The van der Waals surface area contributed by atoms with Crippen LogP contribution in [0.5, 0.6) is 0 Å². The molecule has 0 fully saturated rings. The van der Waals surface area contributed by atoms with Gasteiger partial charge in [0, 0.05) is 18.1 Å². The second kappa shape index (κ2) is 5.89. The van der Waals surface area contributed by atoms with Crippen molar-refractivity contribution in [3.8, 4) is 0 Å². The first-order chi connectivity index (χ1) is 10.6. The Bertz CT molecular complexity index is 849. The number of nitrogens with zero attached hydrogens (tertiary/aromatic N) is 1. The fourth-order valence-corrected chi connectivity index (χ4v) is 2.13. The Labute approximate surface area is 125 Å². The number of aromatic nitrogens is 1. The largest absolute Gasteiger partial charge is 0.348 e. The lowest BCUT2D eigenvalue weighted by molar-refractivity contribution is 0.0950. The zero-order valence-electron chi connectivity index (χ0n) is 11.5. The molecule has 3 nitrogen and oxygen atoms in total. The Morgan fingerprint density at radius 1 is 1.05 bits per heavy atom. The van der Waals surface area contributed by atoms with Crippen LogP contribution in [-0.4, -0.2) is 10.9 Å². The number of amides is 1. The summed E-state index contributed by atoms with van der Waals surface area (Å²) in [5, 5.41) is 3.52. The molecular weight excluding hydrogens is 286 g/mol. The number of hydrogen-bond donors (Lipinski definition) is 1. The maximum Gasteiger partial charge on any atom is 0.253 e. The summed E-state index contributed by atoms with van der Waals surface area (Å²) in [6.45, 7) is 0.114. The summed E-state index contributed by atoms with van der Waals surface area (Å²) in [6.07, 6.45) is 1.49. The molecule has 1 aromatic heterocycles. The van der Waals surface area contributed by atoms with Crippen molar-refractivity contribution in [1.29, 1.82) is 0 Å². The first-order valence-electron chi connectivity index (χ1n) is 6.70. The number of carbonyl (C=O) groups excluding carboxylic acids is 1. The molecule has 0 aliphatic heterocycles. The number of nitrogens with one attached hydrogen (secondary N) is 1. The molecule has 3 aromatic rings. The van der Waals surface area contributed by atoms with Crippen molar-refractivity contribution in [2.45, 2.75) is 6.54 Å². The van der Waals surface area contributed by atoms with E-state index in [0.717, 1.165) is 23.0 Å². The van der Waals surface area contributed by atoms with Gasteiger partial charge in [-0.25, -0.2) is 8.78 Å². The fourth-order valence-electron chi connectivity index (χ4n) is 2.13. The van der Waals surface area contributed by atoms with E-state index in [-0.39, 0.29) is 12.5 Å². The van der Waals surface area contributed by atoms with Gasteiger partial charge in [-0.1, -0.05) is 24.3 Å². The SMILES string of the molecule is O=C(NCc1ccc(F)c(F)c1)c1cnc2ccccc2c1. The number of para-hydroxylation sites is 1. The van der Waals surface area contributed by atoms with Gasteiger partial charge >= 0.3 is 0 Å². The van der Waals surface area contributed by atoms with E-state index in [1.165, 1.54) is 12.3 Å². The highest BCUT2D eigenvalue weighted by molar-refractivity contribution is 5.97. The molecule has 0 bridgehead atoms. The summed E-state index contributed by atoms with van der Waals surface area (Å²) in [7, 11) is 0. The summed E-state index contributed by atoms with van der Waals surface area (Å²) in [4.78, 5) is 16.3. The van der Waals surface area contributed by atoms with Crippen LogP contribution in [0.25, 0.3) is 10.9 Å². The zero-order valence-corrected chi connectivity index (χ0v) is 11.5. The monoisotopic (exact) mass is 298 g/mol. The van der Waals surface area contributed by atoms with Gasteiger partial charge in [-0.05, 0) is 29.8 Å². The lowest BCUT2D eigenvalue weighted by Crippen LogP contribution is -2.23. The molecule has 0 aliphatic rings. The van der Waals surface area contributed by atoms with Crippen LogP contribution in [0.4, 0.5) is 8.78 Å². The van der Waals surface area contributed by atoms with Gasteiger partial charge in [0.2, 0.25) is 0 Å². The van der Waals surface area contributed by atoms with Crippen molar-refractivity contribution < 1.29 is 13.6 Å². The highest BCUT2D eigenvalue weighted by atomic mass is 19.2. The molecule has 0 radical (unpaired) electrons. The zero-order chi connectivity index (χ0) is 15.5. The predicted molar refractivity (Wildman–Crippen MR) is 79.3 cm³/mol. The standard InChI is InChI=1S/C17H12F2N2O/c18-14-6-5-11(7-15(14)19)9-21-17(22)13-8-12-3-1-2-4-16(12)20-10-13/h1-8,10H,9H2,(H,21,22). The van der Waals surface area contributed by atoms with Crippen LogP contribution in [0.1, 0.15) is 15.9 Å². The first-order valence-corrected chi connectivity index (χ1v) is 6.70. The number of pyridine rings is 1. The van der Waals surface area contributed by atoms with Crippen LogP contribution in [0, 0.1) is 11.6 Å². The first kappa shape index (κ1) is 14.1. The van der Waals surface area contributed by atoms with Gasteiger partial charge in [-0.15, -0.1) is 0 Å². The highest BCUT2D eigenvalue weighted by Crippen LogP contribution is 2.13. The van der Waals surface area contributed by atoms with Gasteiger partial charge in [0.1, 0.15) is 0 Å². The van der Waals surface area contributed by atoms with Crippen molar-refractivity contribution in [3.05, 3.63) is 77.5 Å². The normalized spacial score (nSPS) is 10.6. The summed E-state index contributed by atoms with van der Waals surface area (Å²) < 4.78 is 25.9. The van der Waals surface area contributed by atoms with Crippen molar-refractivity contribution in [3.63, 3.8) is 0 Å². The van der Waals surface area contributed by atoms with Crippen molar-refractivity contribution in [2.75, 3.05) is 0 Å². The van der Waals surface area contributed by atoms with Gasteiger partial charge in [0.05, 0.1) is 11.1 Å². The summed E-state index contributed by atoms with van der Waals surface area (Å²) in [5.41, 5.74) is 1.71. The van der Waals surface area contributed by atoms with Gasteiger partial charge in [0.25, 0.3) is 5.91 Å². The van der Waals surface area contributed by atoms with Gasteiger partial charge < -0.3 is 5.32 Å². The topological polar surface area (TPSA) is 42.0 Å². The maximum atomic E-state index is 13.1. The Balaban J connectivity index is 1.74. The molecule has 0 atom stereocenters. The molecule has 0 saturated carbocycles. The quantitative estimate of drug-likeness (QED) is 0.805. The second-order valence-electron chi connectivity index (χ2n) is 4.85. The second-order valence-corrected chi connectivity index (χ2v) is 4.85. The summed E-state index contributed by atoms with van der Waals surface area (Å²) in [6, 6.07) is 12.7. The van der Waals surface area contributed by atoms with Crippen LogP contribution in [-0.2, 0) is 6.54 Å². The number of benzene rings is 2. The van der Waals surface area contributed by atoms with Crippen LogP contribution >= 0.6 is 0 Å². The Hall–Kier alpha value is -2.82.